The third-order valence-corrected chi connectivity index (χ3v) is 6.65. The van der Waals surface area contributed by atoms with Gasteiger partial charge in [0, 0.05) is 17.4 Å². The first-order valence-electron chi connectivity index (χ1n) is 12.6. The van der Waals surface area contributed by atoms with E-state index in [4.69, 9.17) is 17.3 Å². The first kappa shape index (κ1) is 30.3. The van der Waals surface area contributed by atoms with Crippen LogP contribution in [0.3, 0.4) is 0 Å². The van der Waals surface area contributed by atoms with Crippen LogP contribution in [0.2, 0.25) is 5.15 Å². The van der Waals surface area contributed by atoms with Crippen LogP contribution in [0.25, 0.3) is 10.9 Å². The van der Waals surface area contributed by atoms with Crippen molar-refractivity contribution >= 4 is 46.0 Å². The molecule has 44 heavy (non-hydrogen) atoms. The van der Waals surface area contributed by atoms with Crippen molar-refractivity contribution in [2.24, 2.45) is 5.73 Å². The number of rotatable bonds is 5. The van der Waals surface area contributed by atoms with Gasteiger partial charge >= 0.3 is 6.18 Å². The average Bonchev–Trinajstić information content (AvgIpc) is 3.52. The molecule has 11 nitrogen and oxygen atoms in total. The molecule has 1 aliphatic heterocycles. The van der Waals surface area contributed by atoms with Gasteiger partial charge in [-0.15, -0.1) is 0 Å². The van der Waals surface area contributed by atoms with Gasteiger partial charge in [-0.3, -0.25) is 19.1 Å². The summed E-state index contributed by atoms with van der Waals surface area (Å²) in [7, 11) is 0. The van der Waals surface area contributed by atoms with Gasteiger partial charge < -0.3 is 16.0 Å². The Morgan fingerprint density at radius 1 is 1.11 bits per heavy atom. The van der Waals surface area contributed by atoms with E-state index in [1.54, 1.807) is 6.07 Å². The summed E-state index contributed by atoms with van der Waals surface area (Å²) in [6.45, 7) is -1.01. The number of benzene rings is 1. The summed E-state index contributed by atoms with van der Waals surface area (Å²) in [5.74, 6) is 1.64. The van der Waals surface area contributed by atoms with Gasteiger partial charge in [0.25, 0.3) is 5.91 Å². The van der Waals surface area contributed by atoms with E-state index >= 15 is 0 Å². The molecule has 3 N–H and O–H groups in total. The lowest BCUT2D eigenvalue weighted by atomic mass is 10.1. The normalized spacial score (nSPS) is 16.5. The fourth-order valence-electron chi connectivity index (χ4n) is 4.53. The Bertz CT molecular complexity index is 1850. The number of nitrogens with one attached hydrogen (secondary N) is 1. The number of hydrogen-bond acceptors (Lipinski definition) is 7. The van der Waals surface area contributed by atoms with Gasteiger partial charge in [-0.1, -0.05) is 17.5 Å². The van der Waals surface area contributed by atoms with Gasteiger partial charge in [0.2, 0.25) is 17.6 Å². The molecule has 17 heteroatoms. The fourth-order valence-corrected chi connectivity index (χ4v) is 4.74. The number of aromatic nitrogens is 5. The number of halogens is 6. The van der Waals surface area contributed by atoms with Crippen LogP contribution in [0, 0.1) is 17.7 Å². The molecular formula is C27H18ClF5N8O3. The van der Waals surface area contributed by atoms with Crippen molar-refractivity contribution in [2.75, 3.05) is 11.9 Å². The SMILES string of the molecule is NC(=O)c1nn(CC(=O)N2C[C@H](F)C[C@H]2C(=O)Nc2cc(C(F)(F)F)cc(Cl)n2)c2ccc(C#Cc3ncc(F)cn3)cc12. The highest BCUT2D eigenvalue weighted by Gasteiger charge is 2.40. The van der Waals surface area contributed by atoms with Crippen LogP contribution in [0.5, 0.6) is 0 Å². The summed E-state index contributed by atoms with van der Waals surface area (Å²) < 4.78 is 68.1. The summed E-state index contributed by atoms with van der Waals surface area (Å²) in [5.41, 5.74) is 4.81. The van der Waals surface area contributed by atoms with Crippen molar-refractivity contribution in [3.8, 4) is 11.8 Å². The average molecular weight is 633 g/mol. The zero-order valence-corrected chi connectivity index (χ0v) is 22.8. The maximum absolute atomic E-state index is 14.4. The van der Waals surface area contributed by atoms with E-state index < -0.39 is 78.0 Å². The van der Waals surface area contributed by atoms with Crippen LogP contribution in [0.15, 0.2) is 42.7 Å². The Labute approximate surface area is 249 Å². The molecule has 2 atom stereocenters. The highest BCUT2D eigenvalue weighted by molar-refractivity contribution is 6.29. The first-order chi connectivity index (χ1) is 20.8. The van der Waals surface area contributed by atoms with Crippen LogP contribution in [-0.4, -0.2) is 66.1 Å². The van der Waals surface area contributed by atoms with Crippen molar-refractivity contribution < 1.29 is 36.3 Å². The molecule has 1 fully saturated rings. The van der Waals surface area contributed by atoms with Crippen LogP contribution < -0.4 is 11.1 Å². The van der Waals surface area contributed by atoms with E-state index in [0.29, 0.717) is 17.7 Å². The van der Waals surface area contributed by atoms with E-state index in [2.05, 4.69) is 37.2 Å². The Kier molecular flexibility index (Phi) is 8.15. The molecule has 0 saturated carbocycles. The van der Waals surface area contributed by atoms with Gasteiger partial charge in [0.1, 0.15) is 29.7 Å². The van der Waals surface area contributed by atoms with Gasteiger partial charge in [0.05, 0.1) is 30.0 Å². The second-order valence-corrected chi connectivity index (χ2v) is 9.91. The second kappa shape index (κ2) is 11.8. The monoisotopic (exact) mass is 632 g/mol. The number of anilines is 1. The molecule has 1 aliphatic rings. The molecule has 0 unspecified atom stereocenters. The van der Waals surface area contributed by atoms with Gasteiger partial charge in [-0.05, 0) is 36.3 Å². The minimum atomic E-state index is -4.77. The Morgan fingerprint density at radius 3 is 2.52 bits per heavy atom. The Hall–Kier alpha value is -5.17. The molecule has 5 rings (SSSR count). The molecule has 1 aromatic carbocycles. The molecule has 0 spiro atoms. The van der Waals surface area contributed by atoms with Crippen molar-refractivity contribution in [3.63, 3.8) is 0 Å². The maximum Gasteiger partial charge on any atom is 0.416 e. The van der Waals surface area contributed by atoms with Crippen molar-refractivity contribution in [2.45, 2.75) is 31.4 Å². The van der Waals surface area contributed by atoms with Crippen molar-refractivity contribution in [3.05, 3.63) is 76.3 Å². The zero-order chi connectivity index (χ0) is 31.8. The smallest absolute Gasteiger partial charge is 0.364 e. The Balaban J connectivity index is 1.37. The van der Waals surface area contributed by atoms with Crippen molar-refractivity contribution in [1.82, 2.24) is 29.6 Å². The summed E-state index contributed by atoms with van der Waals surface area (Å²) >= 11 is 5.67. The number of likely N-dealkylation sites (tertiary alicyclic amines) is 1. The van der Waals surface area contributed by atoms with E-state index in [0.717, 1.165) is 22.0 Å². The van der Waals surface area contributed by atoms with Crippen LogP contribution >= 0.6 is 11.6 Å². The van der Waals surface area contributed by atoms with Crippen LogP contribution in [0.4, 0.5) is 27.8 Å². The van der Waals surface area contributed by atoms with E-state index in [1.165, 1.54) is 12.1 Å². The third kappa shape index (κ3) is 6.57. The van der Waals surface area contributed by atoms with Crippen LogP contribution in [-0.2, 0) is 22.3 Å². The molecule has 3 amide bonds. The summed E-state index contributed by atoms with van der Waals surface area (Å²) in [4.78, 5) is 50.4. The fraction of sp³-hybridized carbons (Fsp3) is 0.222. The van der Waals surface area contributed by atoms with E-state index in [9.17, 15) is 36.3 Å². The number of fused-ring (bicyclic) bond motifs is 1. The summed E-state index contributed by atoms with van der Waals surface area (Å²) in [6.07, 6.45) is -4.90. The lowest BCUT2D eigenvalue weighted by Crippen LogP contribution is -2.44. The maximum atomic E-state index is 14.4. The van der Waals surface area contributed by atoms with E-state index in [1.807, 2.05) is 0 Å². The zero-order valence-electron chi connectivity index (χ0n) is 22.1. The molecule has 0 bridgehead atoms. The molecule has 226 valence electrons. The number of primary amides is 1. The van der Waals surface area contributed by atoms with Gasteiger partial charge in [0.15, 0.2) is 11.5 Å². The number of hydrogen-bond donors (Lipinski definition) is 2. The molecule has 4 aromatic rings. The Morgan fingerprint density at radius 2 is 1.84 bits per heavy atom. The standard InChI is InChI=1S/C27H18ClF5N8O3/c28-20-6-14(27(31,32)33)7-22(37-20)38-26(44)19-8-15(29)11-40(19)23(42)12-41-18-3-1-13(5-17(18)24(39-41)25(34)43)2-4-21-35-9-16(30)10-36-21/h1,3,5-7,9-10,15,19H,8,11-12H2,(H2,34,43)(H,37,38,44)/t15-,19+/m1/s1. The number of amides is 3. The predicted octanol–water partition coefficient (Wildman–Crippen LogP) is 3.11. The molecule has 0 aliphatic carbocycles. The molecular weight excluding hydrogens is 615 g/mol. The molecule has 0 radical (unpaired) electrons. The number of carbonyl (C=O) groups excluding carboxylic acids is 3. The quantitative estimate of drug-likeness (QED) is 0.195. The lowest BCUT2D eigenvalue weighted by Gasteiger charge is -2.23. The van der Waals surface area contributed by atoms with E-state index in [-0.39, 0.29) is 22.4 Å². The van der Waals surface area contributed by atoms with Crippen molar-refractivity contribution in [1.29, 1.82) is 0 Å². The first-order valence-corrected chi connectivity index (χ1v) is 13.0. The molecule has 3 aromatic heterocycles. The third-order valence-electron chi connectivity index (χ3n) is 6.45. The van der Waals surface area contributed by atoms with Gasteiger partial charge in [-0.2, -0.15) is 18.3 Å². The number of nitrogens with zero attached hydrogens (tertiary/aromatic N) is 6. The predicted molar refractivity (Wildman–Crippen MR) is 144 cm³/mol. The number of pyridine rings is 1. The molecule has 4 heterocycles. The minimum absolute atomic E-state index is 0.0465. The summed E-state index contributed by atoms with van der Waals surface area (Å²) in [5, 5.41) is 6.00. The lowest BCUT2D eigenvalue weighted by molar-refractivity contribution is -0.137. The highest BCUT2D eigenvalue weighted by Crippen LogP contribution is 2.32. The second-order valence-electron chi connectivity index (χ2n) is 9.52. The highest BCUT2D eigenvalue weighted by atomic mass is 35.5. The van der Waals surface area contributed by atoms with Gasteiger partial charge in [-0.25, -0.2) is 23.7 Å². The molecule has 1 saturated heterocycles. The largest absolute Gasteiger partial charge is 0.416 e. The number of nitrogens with two attached hydrogens (primary N) is 1. The van der Waals surface area contributed by atoms with Crippen LogP contribution in [0.1, 0.15) is 33.9 Å². The topological polar surface area (TPSA) is 149 Å². The number of alkyl halides is 4. The summed E-state index contributed by atoms with van der Waals surface area (Å²) in [6, 6.07) is 4.28. The number of carbonyl (C=O) groups is 3. The minimum Gasteiger partial charge on any atom is -0.364 e.